The van der Waals surface area contributed by atoms with Crippen LogP contribution in [0.4, 0.5) is 0 Å². The van der Waals surface area contributed by atoms with Gasteiger partial charge in [-0.2, -0.15) is 0 Å². The van der Waals surface area contributed by atoms with Crippen LogP contribution >= 0.6 is 23.2 Å². The lowest BCUT2D eigenvalue weighted by atomic mass is 9.98. The second-order valence-electron chi connectivity index (χ2n) is 9.02. The van der Waals surface area contributed by atoms with E-state index in [-0.39, 0.29) is 16.8 Å². The summed E-state index contributed by atoms with van der Waals surface area (Å²) in [5.41, 5.74) is 0.538. The van der Waals surface area contributed by atoms with E-state index in [1.54, 1.807) is 54.6 Å². The third-order valence-corrected chi connectivity index (χ3v) is 8.68. The van der Waals surface area contributed by atoms with Gasteiger partial charge in [-0.3, -0.25) is 9.59 Å². The molecule has 3 aromatic heterocycles. The second-order valence-corrected chi connectivity index (χ2v) is 12.5. The number of nitrogens with zero attached hydrogens (tertiary/aromatic N) is 2. The highest BCUT2D eigenvalue weighted by Gasteiger charge is 2.40. The molecular formula is C25H18Cl2N2O5S. The highest BCUT2D eigenvalue weighted by Crippen LogP contribution is 2.42. The van der Waals surface area contributed by atoms with Crippen LogP contribution in [0.2, 0.25) is 10.0 Å². The molecule has 178 valence electrons. The summed E-state index contributed by atoms with van der Waals surface area (Å²) in [6, 6.07) is 15.7. The molecule has 0 atom stereocenters. The predicted octanol–water partition coefficient (Wildman–Crippen LogP) is 5.43. The molecule has 0 bridgehead atoms. The van der Waals surface area contributed by atoms with Gasteiger partial charge in [0.25, 0.3) is 0 Å². The fraction of sp³-hybridized carbons (Fsp3) is 0.160. The third kappa shape index (κ3) is 3.73. The van der Waals surface area contributed by atoms with E-state index in [1.165, 1.54) is 20.8 Å². The Hall–Kier alpha value is -3.20. The summed E-state index contributed by atoms with van der Waals surface area (Å²) in [6.45, 7) is 4.52. The van der Waals surface area contributed by atoms with E-state index in [1.807, 2.05) is 0 Å². The van der Waals surface area contributed by atoms with Gasteiger partial charge in [-0.05, 0) is 50.6 Å². The molecule has 0 amide bonds. The van der Waals surface area contributed by atoms with Crippen molar-refractivity contribution in [3.63, 3.8) is 0 Å². The van der Waals surface area contributed by atoms with Crippen LogP contribution in [0, 0.1) is 0 Å². The molecule has 0 saturated heterocycles. The fourth-order valence-electron chi connectivity index (χ4n) is 3.71. The van der Waals surface area contributed by atoms with Crippen LogP contribution in [0.5, 0.6) is 0 Å². The van der Waals surface area contributed by atoms with Crippen molar-refractivity contribution < 1.29 is 12.8 Å². The lowest BCUT2D eigenvalue weighted by Crippen LogP contribution is -2.28. The van der Waals surface area contributed by atoms with Crippen LogP contribution in [0.15, 0.2) is 73.7 Å². The van der Waals surface area contributed by atoms with Crippen molar-refractivity contribution in [2.75, 3.05) is 0 Å². The van der Waals surface area contributed by atoms with Crippen molar-refractivity contribution in [3.05, 3.63) is 85.4 Å². The zero-order valence-electron chi connectivity index (χ0n) is 18.8. The van der Waals surface area contributed by atoms with Gasteiger partial charge >= 0.3 is 11.1 Å². The van der Waals surface area contributed by atoms with E-state index in [0.29, 0.717) is 26.9 Å². The standard InChI is InChI=1S/C25H18Cl2N2O5S/c1-25(2,3)35(32,33)24-20(29-22(30)23(29)31)17-12-16(13-8-10-14(26)11-9-13)19(28-21(17)34-24)15-6-4-5-7-18(15)27/h4-12H,1-3H3. The van der Waals surface area contributed by atoms with Crippen LogP contribution in [-0.2, 0) is 9.84 Å². The van der Waals surface area contributed by atoms with Crippen molar-refractivity contribution in [3.8, 4) is 28.1 Å². The maximum absolute atomic E-state index is 13.4. The third-order valence-electron chi connectivity index (χ3n) is 5.72. The number of sulfone groups is 1. The summed E-state index contributed by atoms with van der Waals surface area (Å²) in [6.07, 6.45) is 0. The summed E-state index contributed by atoms with van der Waals surface area (Å²) in [7, 11) is -4.09. The molecule has 0 spiro atoms. The van der Waals surface area contributed by atoms with Gasteiger partial charge in [0.2, 0.25) is 20.6 Å². The van der Waals surface area contributed by atoms with Crippen LogP contribution in [0.3, 0.4) is 0 Å². The first-order valence-electron chi connectivity index (χ1n) is 10.5. The Kier molecular flexibility index (Phi) is 5.32. The monoisotopic (exact) mass is 528 g/mol. The number of fused-ring (bicyclic) bond motifs is 1. The molecule has 3 heterocycles. The minimum atomic E-state index is -4.09. The smallest absolute Gasteiger partial charge is 0.324 e. The maximum atomic E-state index is 13.4. The summed E-state index contributed by atoms with van der Waals surface area (Å²) in [5.74, 6) is 0. The number of hydrogen-bond donors (Lipinski definition) is 0. The molecule has 0 aliphatic carbocycles. The average molecular weight is 529 g/mol. The van der Waals surface area contributed by atoms with Crippen molar-refractivity contribution >= 4 is 44.1 Å². The van der Waals surface area contributed by atoms with E-state index in [9.17, 15) is 18.0 Å². The normalized spacial score (nSPS) is 12.6. The number of rotatable bonds is 4. The van der Waals surface area contributed by atoms with Crippen molar-refractivity contribution in [1.29, 1.82) is 0 Å². The molecule has 0 aliphatic rings. The summed E-state index contributed by atoms with van der Waals surface area (Å²) in [4.78, 5) is 28.8. The van der Waals surface area contributed by atoms with Gasteiger partial charge in [0.1, 0.15) is 5.69 Å². The van der Waals surface area contributed by atoms with E-state index < -0.39 is 30.8 Å². The van der Waals surface area contributed by atoms with Gasteiger partial charge in [-0.25, -0.2) is 18.0 Å². The molecule has 0 unspecified atom stereocenters. The number of benzene rings is 2. The zero-order valence-corrected chi connectivity index (χ0v) is 21.1. The van der Waals surface area contributed by atoms with Gasteiger partial charge in [0.15, 0.2) is 0 Å². The molecule has 0 radical (unpaired) electrons. The number of furan rings is 1. The number of hydrogen-bond acceptors (Lipinski definition) is 6. The van der Waals surface area contributed by atoms with Crippen LogP contribution < -0.4 is 11.1 Å². The van der Waals surface area contributed by atoms with E-state index in [0.717, 1.165) is 10.1 Å². The Balaban J connectivity index is 1.93. The first kappa shape index (κ1) is 23.5. The SMILES string of the molecule is CC(C)(C)S(=O)(=O)c1oc2nc(-c3ccccc3Cl)c(-c3ccc(Cl)cc3)cc2c1-n1c(=O)c1=O. The molecular weight excluding hydrogens is 511 g/mol. The summed E-state index contributed by atoms with van der Waals surface area (Å²) < 4.78 is 32.1. The summed E-state index contributed by atoms with van der Waals surface area (Å²) in [5, 5.41) is 0.697. The van der Waals surface area contributed by atoms with Gasteiger partial charge in [-0.15, -0.1) is 0 Å². The lowest BCUT2D eigenvalue weighted by Gasteiger charge is -2.17. The van der Waals surface area contributed by atoms with E-state index in [4.69, 9.17) is 27.6 Å². The topological polar surface area (TPSA) is 99.2 Å². The Bertz CT molecular complexity index is 1780. The van der Waals surface area contributed by atoms with Crippen molar-refractivity contribution in [1.82, 2.24) is 9.55 Å². The van der Waals surface area contributed by atoms with E-state index in [2.05, 4.69) is 4.98 Å². The largest absolute Gasteiger partial charge is 0.424 e. The Morgan fingerprint density at radius 2 is 1.54 bits per heavy atom. The minimum absolute atomic E-state index is 0.0389. The Labute approximate surface area is 210 Å². The van der Waals surface area contributed by atoms with Gasteiger partial charge in [-0.1, -0.05) is 53.5 Å². The Morgan fingerprint density at radius 3 is 2.11 bits per heavy atom. The molecule has 0 N–H and O–H groups in total. The number of aromatic nitrogens is 2. The van der Waals surface area contributed by atoms with Crippen LogP contribution in [0.25, 0.3) is 39.2 Å². The molecule has 0 aliphatic heterocycles. The number of pyridine rings is 1. The van der Waals surface area contributed by atoms with E-state index >= 15 is 0 Å². The maximum Gasteiger partial charge on any atom is 0.324 e. The molecule has 35 heavy (non-hydrogen) atoms. The van der Waals surface area contributed by atoms with Crippen LogP contribution in [-0.4, -0.2) is 22.7 Å². The lowest BCUT2D eigenvalue weighted by molar-refractivity contribution is 0.460. The van der Waals surface area contributed by atoms with Gasteiger partial charge in [0.05, 0.1) is 15.8 Å². The predicted molar refractivity (Wildman–Crippen MR) is 136 cm³/mol. The van der Waals surface area contributed by atoms with Gasteiger partial charge < -0.3 is 4.42 Å². The number of halogens is 2. The molecule has 7 nitrogen and oxygen atoms in total. The molecule has 5 aromatic rings. The summed E-state index contributed by atoms with van der Waals surface area (Å²) >= 11 is 12.6. The Morgan fingerprint density at radius 1 is 0.914 bits per heavy atom. The molecule has 0 saturated carbocycles. The highest BCUT2D eigenvalue weighted by molar-refractivity contribution is 7.92. The second kappa shape index (κ2) is 7.91. The molecule has 10 heteroatoms. The average Bonchev–Trinajstić information content (AvgIpc) is 3.21. The molecule has 2 aromatic carbocycles. The zero-order chi connectivity index (χ0) is 25.3. The first-order chi connectivity index (χ1) is 16.4. The van der Waals surface area contributed by atoms with Crippen LogP contribution in [0.1, 0.15) is 20.8 Å². The van der Waals surface area contributed by atoms with Crippen molar-refractivity contribution in [2.45, 2.75) is 30.6 Å². The quantitative estimate of drug-likeness (QED) is 0.288. The molecule has 0 fully saturated rings. The highest BCUT2D eigenvalue weighted by atomic mass is 35.5. The minimum Gasteiger partial charge on any atom is -0.424 e. The molecule has 5 rings (SSSR count). The first-order valence-corrected chi connectivity index (χ1v) is 12.8. The fourth-order valence-corrected chi connectivity index (χ4v) is 5.26. The van der Waals surface area contributed by atoms with Gasteiger partial charge in [0, 0.05) is 21.2 Å². The van der Waals surface area contributed by atoms with Crippen molar-refractivity contribution in [2.24, 2.45) is 0 Å².